The zero-order valence-electron chi connectivity index (χ0n) is 15.5. The number of anilines is 1. The predicted octanol–water partition coefficient (Wildman–Crippen LogP) is 3.13. The standard InChI is InChI=1S/C18H26N2O4S/c1-10-6-8-20(9-7-10)17(22)12(3)24-18(23)15-11(2)13(4)25-16(15)19-14(5)21/h10,12H,6-9H2,1-5H3,(H,19,21). The summed E-state index contributed by atoms with van der Waals surface area (Å²) in [5.41, 5.74) is 1.11. The normalized spacial score (nSPS) is 16.4. The first kappa shape index (κ1) is 19.4. The number of hydrogen-bond acceptors (Lipinski definition) is 5. The van der Waals surface area contributed by atoms with Crippen molar-refractivity contribution in [3.05, 3.63) is 16.0 Å². The third kappa shape index (κ3) is 4.60. The molecule has 0 bridgehead atoms. The summed E-state index contributed by atoms with van der Waals surface area (Å²) in [5.74, 6) is -0.358. The Morgan fingerprint density at radius 2 is 1.84 bits per heavy atom. The quantitative estimate of drug-likeness (QED) is 0.831. The van der Waals surface area contributed by atoms with Crippen LogP contribution in [0.4, 0.5) is 5.00 Å². The summed E-state index contributed by atoms with van der Waals surface area (Å²) in [7, 11) is 0. The molecule has 1 aliphatic heterocycles. The lowest BCUT2D eigenvalue weighted by atomic mass is 9.99. The molecule has 1 fully saturated rings. The van der Waals surface area contributed by atoms with E-state index in [2.05, 4.69) is 12.2 Å². The maximum absolute atomic E-state index is 12.6. The Morgan fingerprint density at radius 3 is 2.40 bits per heavy atom. The van der Waals surface area contributed by atoms with Crippen LogP contribution in [0.1, 0.15) is 54.4 Å². The molecule has 2 amide bonds. The van der Waals surface area contributed by atoms with Crippen molar-refractivity contribution in [3.63, 3.8) is 0 Å². The summed E-state index contributed by atoms with van der Waals surface area (Å²) in [4.78, 5) is 39.1. The van der Waals surface area contributed by atoms with E-state index in [0.717, 1.165) is 23.3 Å². The molecule has 1 N–H and O–H groups in total. The molecule has 1 unspecified atom stereocenters. The lowest BCUT2D eigenvalue weighted by Gasteiger charge is -2.31. The molecule has 138 valence electrons. The number of hydrogen-bond donors (Lipinski definition) is 1. The van der Waals surface area contributed by atoms with Crippen molar-refractivity contribution in [2.45, 2.75) is 53.6 Å². The molecule has 25 heavy (non-hydrogen) atoms. The number of aryl methyl sites for hydroxylation is 1. The molecule has 1 saturated heterocycles. The van der Waals surface area contributed by atoms with Crippen LogP contribution in [0, 0.1) is 19.8 Å². The molecule has 1 aromatic heterocycles. The minimum absolute atomic E-state index is 0.161. The van der Waals surface area contributed by atoms with E-state index >= 15 is 0 Å². The zero-order chi connectivity index (χ0) is 18.7. The van der Waals surface area contributed by atoms with E-state index in [-0.39, 0.29) is 11.8 Å². The highest BCUT2D eigenvalue weighted by Crippen LogP contribution is 2.33. The second kappa shape index (κ2) is 7.99. The summed E-state index contributed by atoms with van der Waals surface area (Å²) >= 11 is 1.33. The highest BCUT2D eigenvalue weighted by molar-refractivity contribution is 7.16. The van der Waals surface area contributed by atoms with Crippen LogP contribution in [0.3, 0.4) is 0 Å². The van der Waals surface area contributed by atoms with Gasteiger partial charge in [-0.25, -0.2) is 4.79 Å². The van der Waals surface area contributed by atoms with Gasteiger partial charge in [-0.2, -0.15) is 0 Å². The number of thiophene rings is 1. The maximum Gasteiger partial charge on any atom is 0.342 e. The number of carbonyl (C=O) groups excluding carboxylic acids is 3. The van der Waals surface area contributed by atoms with Gasteiger partial charge in [0.25, 0.3) is 5.91 Å². The SMILES string of the molecule is CC(=O)Nc1sc(C)c(C)c1C(=O)OC(C)C(=O)N1CCC(C)CC1. The first-order valence-electron chi connectivity index (χ1n) is 8.58. The first-order chi connectivity index (χ1) is 11.7. The summed E-state index contributed by atoms with van der Waals surface area (Å²) in [5, 5.41) is 3.14. The molecular weight excluding hydrogens is 340 g/mol. The van der Waals surface area contributed by atoms with Gasteiger partial charge in [0.2, 0.25) is 5.91 Å². The van der Waals surface area contributed by atoms with Crippen LogP contribution in [0.15, 0.2) is 0 Å². The molecule has 0 saturated carbocycles. The number of esters is 1. The molecule has 0 aromatic carbocycles. The van der Waals surface area contributed by atoms with Crippen LogP contribution >= 0.6 is 11.3 Å². The molecule has 7 heteroatoms. The number of piperidine rings is 1. The lowest BCUT2D eigenvalue weighted by Crippen LogP contribution is -2.44. The van der Waals surface area contributed by atoms with Gasteiger partial charge in [-0.1, -0.05) is 6.92 Å². The number of nitrogens with one attached hydrogen (secondary N) is 1. The Labute approximate surface area is 152 Å². The van der Waals surface area contributed by atoms with Crippen molar-refractivity contribution in [1.82, 2.24) is 4.90 Å². The van der Waals surface area contributed by atoms with E-state index < -0.39 is 12.1 Å². The van der Waals surface area contributed by atoms with Gasteiger partial charge < -0.3 is 15.0 Å². The van der Waals surface area contributed by atoms with Gasteiger partial charge in [0, 0.05) is 24.9 Å². The fourth-order valence-corrected chi connectivity index (χ4v) is 3.97. The van der Waals surface area contributed by atoms with Crippen LogP contribution in [-0.2, 0) is 14.3 Å². The molecule has 1 aliphatic rings. The van der Waals surface area contributed by atoms with E-state index in [0.29, 0.717) is 29.6 Å². The third-order valence-electron chi connectivity index (χ3n) is 4.61. The largest absolute Gasteiger partial charge is 0.449 e. The molecule has 0 spiro atoms. The second-order valence-electron chi connectivity index (χ2n) is 6.72. The van der Waals surface area contributed by atoms with Crippen LogP contribution in [-0.4, -0.2) is 41.9 Å². The number of carbonyl (C=O) groups is 3. The number of amides is 2. The summed E-state index contributed by atoms with van der Waals surface area (Å²) in [6, 6.07) is 0. The molecule has 2 heterocycles. The number of rotatable bonds is 4. The molecule has 1 atom stereocenters. The predicted molar refractivity (Wildman–Crippen MR) is 98.0 cm³/mol. The monoisotopic (exact) mass is 366 g/mol. The maximum atomic E-state index is 12.6. The van der Waals surface area contributed by atoms with Crippen LogP contribution < -0.4 is 5.32 Å². The topological polar surface area (TPSA) is 75.7 Å². The minimum atomic E-state index is -0.842. The highest BCUT2D eigenvalue weighted by Gasteiger charge is 2.29. The van der Waals surface area contributed by atoms with Gasteiger partial charge in [-0.15, -0.1) is 11.3 Å². The molecule has 6 nitrogen and oxygen atoms in total. The van der Waals surface area contributed by atoms with Gasteiger partial charge in [0.1, 0.15) is 5.00 Å². The van der Waals surface area contributed by atoms with Crippen molar-refractivity contribution in [3.8, 4) is 0 Å². The highest BCUT2D eigenvalue weighted by atomic mass is 32.1. The minimum Gasteiger partial charge on any atom is -0.449 e. The molecule has 2 rings (SSSR count). The molecule has 1 aromatic rings. The summed E-state index contributed by atoms with van der Waals surface area (Å²) in [6.45, 7) is 10.3. The number of likely N-dealkylation sites (tertiary alicyclic amines) is 1. The van der Waals surface area contributed by atoms with E-state index in [1.165, 1.54) is 18.3 Å². The van der Waals surface area contributed by atoms with Crippen molar-refractivity contribution in [1.29, 1.82) is 0 Å². The van der Waals surface area contributed by atoms with Gasteiger partial charge >= 0.3 is 5.97 Å². The Morgan fingerprint density at radius 1 is 1.24 bits per heavy atom. The average molecular weight is 366 g/mol. The molecular formula is C18H26N2O4S. The van der Waals surface area contributed by atoms with E-state index in [1.54, 1.807) is 11.8 Å². The summed E-state index contributed by atoms with van der Waals surface area (Å²) in [6.07, 6.45) is 1.11. The van der Waals surface area contributed by atoms with E-state index in [1.807, 2.05) is 13.8 Å². The first-order valence-corrected chi connectivity index (χ1v) is 9.39. The fourth-order valence-electron chi connectivity index (χ4n) is 2.88. The van der Waals surface area contributed by atoms with E-state index in [9.17, 15) is 14.4 Å². The summed E-state index contributed by atoms with van der Waals surface area (Å²) < 4.78 is 5.42. The second-order valence-corrected chi connectivity index (χ2v) is 7.95. The van der Waals surface area contributed by atoms with Crippen LogP contribution in [0.2, 0.25) is 0 Å². The van der Waals surface area contributed by atoms with Crippen molar-refractivity contribution in [2.75, 3.05) is 18.4 Å². The smallest absolute Gasteiger partial charge is 0.342 e. The van der Waals surface area contributed by atoms with Gasteiger partial charge in [-0.3, -0.25) is 9.59 Å². The van der Waals surface area contributed by atoms with Gasteiger partial charge in [0.15, 0.2) is 6.10 Å². The third-order valence-corrected chi connectivity index (χ3v) is 5.73. The molecule has 0 aliphatic carbocycles. The van der Waals surface area contributed by atoms with Crippen molar-refractivity contribution in [2.24, 2.45) is 5.92 Å². The Kier molecular flexibility index (Phi) is 6.21. The van der Waals surface area contributed by atoms with Crippen LogP contribution in [0.25, 0.3) is 0 Å². The van der Waals surface area contributed by atoms with E-state index in [4.69, 9.17) is 4.74 Å². The number of nitrogens with zero attached hydrogens (tertiary/aromatic N) is 1. The van der Waals surface area contributed by atoms with Gasteiger partial charge in [-0.05, 0) is 45.1 Å². The Hall–Kier alpha value is -1.89. The van der Waals surface area contributed by atoms with Gasteiger partial charge in [0.05, 0.1) is 5.56 Å². The zero-order valence-corrected chi connectivity index (χ0v) is 16.3. The van der Waals surface area contributed by atoms with Crippen LogP contribution in [0.5, 0.6) is 0 Å². The Balaban J connectivity index is 2.08. The average Bonchev–Trinajstić information content (AvgIpc) is 2.80. The fraction of sp³-hybridized carbons (Fsp3) is 0.611. The molecule has 0 radical (unpaired) electrons. The van der Waals surface area contributed by atoms with Crippen molar-refractivity contribution >= 4 is 34.1 Å². The number of ether oxygens (including phenoxy) is 1. The Bertz CT molecular complexity index is 675. The van der Waals surface area contributed by atoms with Crippen molar-refractivity contribution < 1.29 is 19.1 Å². The lowest BCUT2D eigenvalue weighted by molar-refractivity contribution is -0.141.